The molecular formula is C21H37N5O. The number of unbranched alkanes of at least 4 members (excludes halogenated alkanes) is 1. The highest BCUT2D eigenvalue weighted by molar-refractivity contribution is 5.79. The Balaban J connectivity index is 1.59. The van der Waals surface area contributed by atoms with Gasteiger partial charge in [-0.05, 0) is 31.5 Å². The average molecular weight is 376 g/mol. The Morgan fingerprint density at radius 2 is 1.78 bits per heavy atom. The zero-order valence-electron chi connectivity index (χ0n) is 17.0. The van der Waals surface area contributed by atoms with Gasteiger partial charge in [0.2, 0.25) is 0 Å². The predicted molar refractivity (Wildman–Crippen MR) is 113 cm³/mol. The highest BCUT2D eigenvalue weighted by Gasteiger charge is 2.14. The third-order valence-corrected chi connectivity index (χ3v) is 5.34. The van der Waals surface area contributed by atoms with Gasteiger partial charge in [-0.1, -0.05) is 37.3 Å². The first-order chi connectivity index (χ1) is 13.3. The molecule has 27 heavy (non-hydrogen) atoms. The van der Waals surface area contributed by atoms with Crippen LogP contribution < -0.4 is 10.6 Å². The van der Waals surface area contributed by atoms with Crippen LogP contribution in [0.15, 0.2) is 35.3 Å². The molecule has 1 aromatic rings. The largest absolute Gasteiger partial charge is 0.396 e. The van der Waals surface area contributed by atoms with Crippen LogP contribution in [0.4, 0.5) is 0 Å². The number of aliphatic hydroxyl groups excluding tert-OH is 1. The maximum Gasteiger partial charge on any atom is 0.190 e. The van der Waals surface area contributed by atoms with Gasteiger partial charge in [-0.3, -0.25) is 4.99 Å². The molecule has 1 unspecified atom stereocenters. The molecule has 0 aromatic heterocycles. The van der Waals surface area contributed by atoms with Crippen LogP contribution >= 0.6 is 0 Å². The maximum absolute atomic E-state index is 9.66. The summed E-state index contributed by atoms with van der Waals surface area (Å²) in [6.45, 7) is 11.1. The van der Waals surface area contributed by atoms with Crippen molar-refractivity contribution in [2.24, 2.45) is 4.99 Å². The molecule has 152 valence electrons. The van der Waals surface area contributed by atoms with Gasteiger partial charge >= 0.3 is 0 Å². The van der Waals surface area contributed by atoms with Gasteiger partial charge in [-0.15, -0.1) is 0 Å². The van der Waals surface area contributed by atoms with Crippen molar-refractivity contribution in [3.63, 3.8) is 0 Å². The summed E-state index contributed by atoms with van der Waals surface area (Å²) in [5.74, 6) is 0.882. The van der Waals surface area contributed by atoms with E-state index in [1.807, 2.05) is 18.2 Å². The van der Waals surface area contributed by atoms with Gasteiger partial charge in [-0.25, -0.2) is 0 Å². The molecule has 1 aliphatic heterocycles. The first-order valence-corrected chi connectivity index (χ1v) is 10.3. The summed E-state index contributed by atoms with van der Waals surface area (Å²) in [5, 5.41) is 16.4. The van der Waals surface area contributed by atoms with Gasteiger partial charge in [0.15, 0.2) is 5.96 Å². The number of hydrogen-bond acceptors (Lipinski definition) is 4. The minimum absolute atomic E-state index is 0.0755. The molecule has 1 fully saturated rings. The molecule has 1 saturated heterocycles. The number of nitrogens with zero attached hydrogens (tertiary/aromatic N) is 3. The third-order valence-electron chi connectivity index (χ3n) is 5.34. The van der Waals surface area contributed by atoms with E-state index in [9.17, 15) is 5.11 Å². The fourth-order valence-corrected chi connectivity index (χ4v) is 3.45. The van der Waals surface area contributed by atoms with Crippen molar-refractivity contribution in [2.75, 3.05) is 66.0 Å². The van der Waals surface area contributed by atoms with Crippen molar-refractivity contribution in [3.8, 4) is 0 Å². The van der Waals surface area contributed by atoms with E-state index in [0.29, 0.717) is 6.54 Å². The molecule has 0 aliphatic carbocycles. The number of aliphatic imine (C=N–C) groups is 1. The molecule has 3 N–H and O–H groups in total. The zero-order chi connectivity index (χ0) is 19.3. The molecule has 0 saturated carbocycles. The standard InChI is InChI=1S/C21H37N5O/c1-3-25-13-15-26(16-14-25)12-8-7-11-23-21(22-2)24-17-20(18-27)19-9-5-4-6-10-19/h4-6,9-10,20,27H,3,7-8,11-18H2,1-2H3,(H2,22,23,24). The van der Waals surface area contributed by atoms with Gasteiger partial charge in [0, 0.05) is 52.2 Å². The Labute approximate surface area is 164 Å². The molecule has 1 aliphatic rings. The van der Waals surface area contributed by atoms with Crippen LogP contribution in [0.25, 0.3) is 0 Å². The molecule has 6 heteroatoms. The molecule has 0 spiro atoms. The minimum atomic E-state index is 0.0755. The van der Waals surface area contributed by atoms with Crippen LogP contribution in [0, 0.1) is 0 Å². The van der Waals surface area contributed by atoms with E-state index in [-0.39, 0.29) is 12.5 Å². The number of nitrogens with one attached hydrogen (secondary N) is 2. The first-order valence-electron chi connectivity index (χ1n) is 10.3. The van der Waals surface area contributed by atoms with Crippen molar-refractivity contribution >= 4 is 5.96 Å². The Morgan fingerprint density at radius 3 is 2.41 bits per heavy atom. The van der Waals surface area contributed by atoms with Crippen LogP contribution in [0.1, 0.15) is 31.2 Å². The van der Waals surface area contributed by atoms with Crippen LogP contribution in [0.2, 0.25) is 0 Å². The smallest absolute Gasteiger partial charge is 0.190 e. The predicted octanol–water partition coefficient (Wildman–Crippen LogP) is 1.35. The summed E-state index contributed by atoms with van der Waals surface area (Å²) in [4.78, 5) is 9.38. The second-order valence-electron chi connectivity index (χ2n) is 7.15. The van der Waals surface area contributed by atoms with E-state index in [0.717, 1.165) is 24.5 Å². The maximum atomic E-state index is 9.66. The van der Waals surface area contributed by atoms with E-state index in [1.165, 1.54) is 45.7 Å². The quantitative estimate of drug-likeness (QED) is 0.327. The topological polar surface area (TPSA) is 63.1 Å². The fraction of sp³-hybridized carbons (Fsp3) is 0.667. The molecule has 6 nitrogen and oxygen atoms in total. The van der Waals surface area contributed by atoms with Gasteiger partial charge in [0.05, 0.1) is 6.61 Å². The van der Waals surface area contributed by atoms with Gasteiger partial charge in [0.1, 0.15) is 0 Å². The Morgan fingerprint density at radius 1 is 1.07 bits per heavy atom. The highest BCUT2D eigenvalue weighted by atomic mass is 16.3. The van der Waals surface area contributed by atoms with Crippen LogP contribution in [0.5, 0.6) is 0 Å². The number of likely N-dealkylation sites (N-methyl/N-ethyl adjacent to an activating group) is 1. The van der Waals surface area contributed by atoms with Crippen molar-refractivity contribution in [3.05, 3.63) is 35.9 Å². The second-order valence-corrected chi connectivity index (χ2v) is 7.15. The number of rotatable bonds is 10. The molecule has 1 aromatic carbocycles. The van der Waals surface area contributed by atoms with Crippen molar-refractivity contribution in [2.45, 2.75) is 25.7 Å². The lowest BCUT2D eigenvalue weighted by Crippen LogP contribution is -2.46. The van der Waals surface area contributed by atoms with E-state index in [4.69, 9.17) is 0 Å². The molecular weight excluding hydrogens is 338 g/mol. The van der Waals surface area contributed by atoms with E-state index < -0.39 is 0 Å². The summed E-state index contributed by atoms with van der Waals surface area (Å²) < 4.78 is 0. The summed E-state index contributed by atoms with van der Waals surface area (Å²) >= 11 is 0. The van der Waals surface area contributed by atoms with Crippen LogP contribution in [0.3, 0.4) is 0 Å². The first kappa shape index (κ1) is 21.7. The molecule has 1 heterocycles. The van der Waals surface area contributed by atoms with E-state index in [2.05, 4.69) is 44.5 Å². The molecule has 0 bridgehead atoms. The van der Waals surface area contributed by atoms with Crippen LogP contribution in [-0.2, 0) is 0 Å². The fourth-order valence-electron chi connectivity index (χ4n) is 3.45. The van der Waals surface area contributed by atoms with E-state index >= 15 is 0 Å². The Hall–Kier alpha value is -1.63. The third kappa shape index (κ3) is 7.87. The lowest BCUT2D eigenvalue weighted by Gasteiger charge is -2.34. The highest BCUT2D eigenvalue weighted by Crippen LogP contribution is 2.13. The number of aliphatic hydroxyl groups is 1. The monoisotopic (exact) mass is 375 g/mol. The normalized spacial score (nSPS) is 17.7. The number of guanidine groups is 1. The molecule has 2 rings (SSSR count). The van der Waals surface area contributed by atoms with Crippen molar-refractivity contribution in [1.29, 1.82) is 0 Å². The molecule has 1 atom stereocenters. The lowest BCUT2D eigenvalue weighted by atomic mass is 10.0. The van der Waals surface area contributed by atoms with Crippen molar-refractivity contribution < 1.29 is 5.11 Å². The molecule has 0 radical (unpaired) electrons. The van der Waals surface area contributed by atoms with Gasteiger partial charge in [-0.2, -0.15) is 0 Å². The summed E-state index contributed by atoms with van der Waals surface area (Å²) in [7, 11) is 1.79. The second kappa shape index (κ2) is 12.7. The van der Waals surface area contributed by atoms with E-state index in [1.54, 1.807) is 7.05 Å². The number of benzene rings is 1. The number of piperazine rings is 1. The zero-order valence-corrected chi connectivity index (χ0v) is 17.0. The van der Waals surface area contributed by atoms with Gasteiger partial charge in [0.25, 0.3) is 0 Å². The Kier molecular flexibility index (Phi) is 10.2. The SMILES string of the molecule is CCN1CCN(CCCCNC(=NC)NCC(CO)c2ccccc2)CC1. The average Bonchev–Trinajstić information content (AvgIpc) is 2.73. The summed E-state index contributed by atoms with van der Waals surface area (Å²) in [6.07, 6.45) is 2.34. The molecule has 0 amide bonds. The van der Waals surface area contributed by atoms with Gasteiger partial charge < -0.3 is 25.5 Å². The van der Waals surface area contributed by atoms with Crippen LogP contribution in [-0.4, -0.2) is 86.9 Å². The van der Waals surface area contributed by atoms with Crippen molar-refractivity contribution in [1.82, 2.24) is 20.4 Å². The summed E-state index contributed by atoms with van der Waals surface area (Å²) in [6, 6.07) is 10.1. The lowest BCUT2D eigenvalue weighted by molar-refractivity contribution is 0.136. The Bertz CT molecular complexity index is 529. The number of hydrogen-bond donors (Lipinski definition) is 3. The minimum Gasteiger partial charge on any atom is -0.396 e. The summed E-state index contributed by atoms with van der Waals surface area (Å²) in [5.41, 5.74) is 1.14.